The van der Waals surface area contributed by atoms with Crippen molar-refractivity contribution in [3.05, 3.63) is 332 Å². The molecule has 0 amide bonds. The topological polar surface area (TPSA) is 29.9 Å². The Morgan fingerprint density at radius 3 is 1.61 bits per heavy atom. The van der Waals surface area contributed by atoms with Crippen LogP contribution in [0.5, 0.6) is 0 Å². The van der Waals surface area contributed by atoms with Crippen molar-refractivity contribution in [2.45, 2.75) is 56.8 Å². The molecule has 4 atom stereocenters. The van der Waals surface area contributed by atoms with Gasteiger partial charge in [-0.15, -0.1) is 34.0 Å². The predicted octanol–water partition coefficient (Wildman–Crippen LogP) is 27.1. The van der Waals surface area contributed by atoms with E-state index in [2.05, 4.69) is 324 Å². The first kappa shape index (κ1) is 59.2. The lowest BCUT2D eigenvalue weighted by molar-refractivity contribution is 0.0217. The van der Waals surface area contributed by atoms with E-state index in [1.54, 1.807) is 0 Å². The van der Waals surface area contributed by atoms with E-state index in [9.17, 15) is 0 Å². The largest absolute Gasteiger partial charge is 0.485 e. The molecule has 5 nitrogen and oxygen atoms in total. The molecule has 8 heteroatoms. The fraction of sp³-hybridized carbons (Fsp3) is 0.109. The van der Waals surface area contributed by atoms with Crippen LogP contribution >= 0.6 is 34.0 Å². The molecule has 1 saturated heterocycles. The van der Waals surface area contributed by atoms with Crippen molar-refractivity contribution >= 4 is 162 Å². The van der Waals surface area contributed by atoms with E-state index < -0.39 is 0 Å². The number of fused-ring (bicyclic) bond motifs is 14. The van der Waals surface area contributed by atoms with Gasteiger partial charge in [0.1, 0.15) is 11.9 Å². The third-order valence-corrected chi connectivity index (χ3v) is 24.7. The SMILES string of the molecule is C1=CCC(C2CCC(c3cccc(N(c4cccc(-c5ccccc5)c4)c4cc5c(c6c4sc4ccccc46)c4c6c(sc7ccccc76)c(N(c6cccc(C7=CCCC=C7)c6)c6cccc(C7=CCC(c8ccccc8)O7)c6)cc4n5-c4cccc5c4sc4ccccc45)c3)O2)C=C1. The number of rotatable bonds is 13. The number of allylic oxidation sites excluding steroid dienone is 7. The Bertz CT molecular complexity index is 6120. The van der Waals surface area contributed by atoms with Crippen LogP contribution in [0.15, 0.2) is 309 Å². The number of hydrogen-bond acceptors (Lipinski definition) is 7. The molecule has 1 fully saturated rings. The summed E-state index contributed by atoms with van der Waals surface area (Å²) in [5, 5.41) is 10.0. The highest BCUT2D eigenvalue weighted by molar-refractivity contribution is 7.27. The molecular formula is C92H67N3O2S3. The Morgan fingerprint density at radius 1 is 0.390 bits per heavy atom. The van der Waals surface area contributed by atoms with E-state index in [0.29, 0.717) is 5.92 Å². The van der Waals surface area contributed by atoms with Crippen LogP contribution in [0, 0.1) is 5.92 Å². The highest BCUT2D eigenvalue weighted by Crippen LogP contribution is 2.57. The molecule has 20 rings (SSSR count). The second kappa shape index (κ2) is 24.6. The van der Waals surface area contributed by atoms with Gasteiger partial charge in [0.25, 0.3) is 0 Å². The molecule has 12 aromatic carbocycles. The lowest BCUT2D eigenvalue weighted by Crippen LogP contribution is -2.18. The molecule has 2 aliphatic carbocycles. The zero-order valence-electron chi connectivity index (χ0n) is 54.9. The third-order valence-electron chi connectivity index (χ3n) is 21.1. The average molecular weight is 1340 g/mol. The van der Waals surface area contributed by atoms with Crippen molar-refractivity contribution in [3.8, 4) is 16.8 Å². The summed E-state index contributed by atoms with van der Waals surface area (Å²) in [6.07, 6.45) is 24.3. The molecule has 0 N–H and O–H groups in total. The summed E-state index contributed by atoms with van der Waals surface area (Å²) in [5.41, 5.74) is 18.2. The lowest BCUT2D eigenvalue weighted by Gasteiger charge is -2.28. The van der Waals surface area contributed by atoms with E-state index in [-0.39, 0.29) is 18.3 Å². The van der Waals surface area contributed by atoms with Gasteiger partial charge in [-0.2, -0.15) is 0 Å². The van der Waals surface area contributed by atoms with Crippen LogP contribution in [0.2, 0.25) is 0 Å². The summed E-state index contributed by atoms with van der Waals surface area (Å²) in [4.78, 5) is 5.12. The average Bonchev–Trinajstić information content (AvgIpc) is 1.52. The van der Waals surface area contributed by atoms with E-state index >= 15 is 0 Å². The van der Waals surface area contributed by atoms with Crippen molar-refractivity contribution in [1.82, 2.24) is 4.57 Å². The standard InChI is InChI=1S/C92H67N3O2S3/c1-5-24-58(25-6-1)62-32-19-36-66(52-62)93(68-38-21-34-64(54-68)81-50-48-79(96-81)60-28-9-3-10-29-60)77-56-75-88(86-72-41-14-17-46-84(72)99-91(77)86)89-76(95(75)74-44-23-43-71-70-40-13-16-45-83(70)98-90(71)74)57-78(92-87(89)73-42-15-18-47-85(73)100-92)94(67-37-20-33-63(53-67)59-26-7-2-8-27-59)69-39-22-35-65(55-69)82-51-49-80(97-82)61-30-11-4-12-31-61/h1,3-7,9-28,30-47,51-57,60,79-81H,2,8,29,48-50H2. The molecule has 0 radical (unpaired) electrons. The minimum Gasteiger partial charge on any atom is -0.485 e. The van der Waals surface area contributed by atoms with Gasteiger partial charge in [-0.25, -0.2) is 0 Å². The summed E-state index contributed by atoms with van der Waals surface area (Å²) in [6, 6.07) is 97.8. The molecule has 6 heterocycles. The van der Waals surface area contributed by atoms with Crippen LogP contribution < -0.4 is 9.80 Å². The number of anilines is 6. The second-order valence-electron chi connectivity index (χ2n) is 27.0. The minimum absolute atomic E-state index is 0.0271. The molecule has 16 aromatic rings. The summed E-state index contributed by atoms with van der Waals surface area (Å²) >= 11 is 5.70. The first-order valence-corrected chi connectivity index (χ1v) is 37.5. The van der Waals surface area contributed by atoms with Crippen LogP contribution in [0.4, 0.5) is 34.1 Å². The quantitative estimate of drug-likeness (QED) is 0.115. The number of aromatic nitrogens is 1. The minimum atomic E-state index is -0.0528. The number of hydrogen-bond donors (Lipinski definition) is 0. The van der Waals surface area contributed by atoms with Gasteiger partial charge in [-0.1, -0.05) is 218 Å². The Balaban J connectivity index is 0.899. The van der Waals surface area contributed by atoms with Crippen molar-refractivity contribution in [3.63, 3.8) is 0 Å². The number of ether oxygens (including phenoxy) is 2. The fourth-order valence-corrected chi connectivity index (χ4v) is 20.1. The van der Waals surface area contributed by atoms with Crippen molar-refractivity contribution in [1.29, 1.82) is 0 Å². The van der Waals surface area contributed by atoms with Crippen LogP contribution in [0.3, 0.4) is 0 Å². The van der Waals surface area contributed by atoms with Gasteiger partial charge >= 0.3 is 0 Å². The van der Waals surface area contributed by atoms with Crippen LogP contribution in [0.1, 0.15) is 73.0 Å². The van der Waals surface area contributed by atoms with E-state index in [1.165, 1.54) is 99.1 Å². The molecule has 0 spiro atoms. The lowest BCUT2D eigenvalue weighted by atomic mass is 9.93. The van der Waals surface area contributed by atoms with Gasteiger partial charge in [0.05, 0.1) is 54.4 Å². The van der Waals surface area contributed by atoms with E-state index in [0.717, 1.165) is 106 Å². The monoisotopic (exact) mass is 1340 g/mol. The van der Waals surface area contributed by atoms with Crippen molar-refractivity contribution < 1.29 is 9.47 Å². The fourth-order valence-electron chi connectivity index (χ4n) is 16.5. The number of benzene rings is 12. The Kier molecular flexibility index (Phi) is 14.5. The van der Waals surface area contributed by atoms with Crippen LogP contribution in [0.25, 0.3) is 110 Å². The Hall–Kier alpha value is -10.8. The van der Waals surface area contributed by atoms with Crippen LogP contribution in [-0.2, 0) is 9.47 Å². The molecule has 0 saturated carbocycles. The summed E-state index contributed by atoms with van der Waals surface area (Å²) in [5.74, 6) is 1.28. The first-order valence-electron chi connectivity index (χ1n) is 35.1. The van der Waals surface area contributed by atoms with Crippen molar-refractivity contribution in [2.24, 2.45) is 5.92 Å². The third kappa shape index (κ3) is 10.0. The smallest absolute Gasteiger partial charge is 0.127 e. The van der Waals surface area contributed by atoms with Gasteiger partial charge < -0.3 is 23.8 Å². The van der Waals surface area contributed by atoms with Crippen LogP contribution in [-0.4, -0.2) is 10.7 Å². The van der Waals surface area contributed by atoms with Gasteiger partial charge in [0, 0.05) is 97.8 Å². The molecule has 0 bridgehead atoms. The summed E-state index contributed by atoms with van der Waals surface area (Å²) in [7, 11) is 0. The van der Waals surface area contributed by atoms with Gasteiger partial charge in [-0.05, 0) is 156 Å². The number of nitrogens with zero attached hydrogens (tertiary/aromatic N) is 3. The van der Waals surface area contributed by atoms with Gasteiger partial charge in [0.2, 0.25) is 0 Å². The Labute approximate surface area is 592 Å². The maximum absolute atomic E-state index is 7.14. The zero-order valence-corrected chi connectivity index (χ0v) is 57.3. The maximum Gasteiger partial charge on any atom is 0.127 e. The molecule has 4 unspecified atom stereocenters. The van der Waals surface area contributed by atoms with E-state index in [4.69, 9.17) is 9.47 Å². The van der Waals surface area contributed by atoms with Crippen molar-refractivity contribution in [2.75, 3.05) is 9.80 Å². The van der Waals surface area contributed by atoms with E-state index in [1.807, 2.05) is 34.0 Å². The molecule has 100 heavy (non-hydrogen) atoms. The second-order valence-corrected chi connectivity index (χ2v) is 30.1. The molecule has 480 valence electrons. The summed E-state index contributed by atoms with van der Waals surface area (Å²) < 4.78 is 24.2. The van der Waals surface area contributed by atoms with Gasteiger partial charge in [0.15, 0.2) is 0 Å². The molecule has 2 aliphatic heterocycles. The highest BCUT2D eigenvalue weighted by Gasteiger charge is 2.34. The maximum atomic E-state index is 7.14. The summed E-state index contributed by atoms with van der Waals surface area (Å²) in [6.45, 7) is 0. The number of thiophene rings is 3. The van der Waals surface area contributed by atoms with Gasteiger partial charge in [-0.3, -0.25) is 0 Å². The zero-order chi connectivity index (χ0) is 65.8. The first-order chi connectivity index (χ1) is 49.6. The normalized spacial score (nSPS) is 17.6. The Morgan fingerprint density at radius 2 is 0.940 bits per heavy atom. The molecule has 4 aliphatic rings. The highest BCUT2D eigenvalue weighted by atomic mass is 32.1. The predicted molar refractivity (Wildman–Crippen MR) is 427 cm³/mol. The molecular weight excluding hydrogens is 1280 g/mol. The molecule has 4 aromatic heterocycles.